The largest absolute Gasteiger partial charge is 0.337 e. The second-order valence-electron chi connectivity index (χ2n) is 8.13. The van der Waals surface area contributed by atoms with Crippen LogP contribution in [0.25, 0.3) is 11.8 Å². The van der Waals surface area contributed by atoms with E-state index in [4.69, 9.17) is 0 Å². The summed E-state index contributed by atoms with van der Waals surface area (Å²) in [6.45, 7) is 5.26. The summed E-state index contributed by atoms with van der Waals surface area (Å²) < 4.78 is 28.8. The van der Waals surface area contributed by atoms with E-state index in [2.05, 4.69) is 5.10 Å². The smallest absolute Gasteiger partial charge is 0.246 e. The summed E-state index contributed by atoms with van der Waals surface area (Å²) in [5.74, 6) is -0.146. The molecule has 1 aliphatic heterocycles. The molecule has 0 spiro atoms. The van der Waals surface area contributed by atoms with E-state index in [1.165, 1.54) is 4.31 Å². The van der Waals surface area contributed by atoms with E-state index in [1.807, 2.05) is 79.2 Å². The molecule has 4 rings (SSSR count). The lowest BCUT2D eigenvalue weighted by Crippen LogP contribution is -2.50. The summed E-state index contributed by atoms with van der Waals surface area (Å²) in [5, 5.41) is 4.61. The molecule has 1 amide bonds. The summed E-state index contributed by atoms with van der Waals surface area (Å²) in [7, 11) is -3.41. The fourth-order valence-corrected chi connectivity index (χ4v) is 5.56. The Labute approximate surface area is 195 Å². The first-order chi connectivity index (χ1) is 15.8. The van der Waals surface area contributed by atoms with E-state index < -0.39 is 10.0 Å². The molecular weight excluding hydrogens is 436 g/mol. The minimum Gasteiger partial charge on any atom is -0.337 e. The fraction of sp³-hybridized carbons (Fsp3) is 0.280. The van der Waals surface area contributed by atoms with Crippen LogP contribution in [0.4, 0.5) is 0 Å². The molecule has 2 aromatic carbocycles. The number of carbonyl (C=O) groups excluding carboxylic acids is 1. The Morgan fingerprint density at radius 3 is 2.18 bits per heavy atom. The number of benzene rings is 2. The van der Waals surface area contributed by atoms with Gasteiger partial charge in [0.25, 0.3) is 0 Å². The number of hydrogen-bond donors (Lipinski definition) is 0. The molecule has 0 saturated carbocycles. The molecule has 0 aliphatic carbocycles. The molecule has 3 aromatic rings. The zero-order valence-electron chi connectivity index (χ0n) is 18.9. The number of piperazine rings is 1. The Kier molecular flexibility index (Phi) is 6.76. The number of carbonyl (C=O) groups is 1. The number of aromatic nitrogens is 2. The fourth-order valence-electron chi connectivity index (χ4n) is 4.04. The molecule has 1 saturated heterocycles. The van der Waals surface area contributed by atoms with Gasteiger partial charge in [-0.05, 0) is 37.6 Å². The molecule has 1 aromatic heterocycles. The highest BCUT2D eigenvalue weighted by atomic mass is 32.2. The molecule has 8 heteroatoms. The zero-order chi connectivity index (χ0) is 23.4. The second-order valence-corrected chi connectivity index (χ2v) is 10.1. The second kappa shape index (κ2) is 9.72. The van der Waals surface area contributed by atoms with Gasteiger partial charge in [-0.2, -0.15) is 9.40 Å². The Bertz CT molecular complexity index is 1240. The van der Waals surface area contributed by atoms with Gasteiger partial charge < -0.3 is 4.90 Å². The standard InChI is InChI=1S/C25H28N4O3S/c1-20-24(21(2)29(26-20)23-11-7-4-8-12-23)13-14-25(30)27-15-17-28(18-16-27)33(31,32)19-22-9-5-3-6-10-22/h3-14H,15-19H2,1-2H3/b14-13+. The van der Waals surface area contributed by atoms with E-state index in [1.54, 1.807) is 17.1 Å². The van der Waals surface area contributed by atoms with Gasteiger partial charge in [0.15, 0.2) is 0 Å². The lowest BCUT2D eigenvalue weighted by Gasteiger charge is -2.33. The lowest BCUT2D eigenvalue weighted by molar-refractivity contribution is -0.127. The minimum absolute atomic E-state index is 0.0222. The maximum absolute atomic E-state index is 12.8. The molecule has 0 radical (unpaired) electrons. The van der Waals surface area contributed by atoms with E-state index in [-0.39, 0.29) is 11.7 Å². The first kappa shape index (κ1) is 22.9. The summed E-state index contributed by atoms with van der Waals surface area (Å²) >= 11 is 0. The third-order valence-corrected chi connectivity index (χ3v) is 7.73. The topological polar surface area (TPSA) is 75.5 Å². The van der Waals surface area contributed by atoms with Crippen molar-refractivity contribution in [2.45, 2.75) is 19.6 Å². The van der Waals surface area contributed by atoms with Crippen molar-refractivity contribution in [2.75, 3.05) is 26.2 Å². The third-order valence-electron chi connectivity index (χ3n) is 5.88. The molecular formula is C25H28N4O3S. The Hall–Kier alpha value is -3.23. The first-order valence-electron chi connectivity index (χ1n) is 11.0. The van der Waals surface area contributed by atoms with Crippen molar-refractivity contribution < 1.29 is 13.2 Å². The van der Waals surface area contributed by atoms with E-state index in [0.29, 0.717) is 26.2 Å². The van der Waals surface area contributed by atoms with E-state index in [9.17, 15) is 13.2 Å². The van der Waals surface area contributed by atoms with Crippen LogP contribution in [0, 0.1) is 13.8 Å². The van der Waals surface area contributed by atoms with E-state index >= 15 is 0 Å². The highest BCUT2D eigenvalue weighted by Gasteiger charge is 2.28. The molecule has 0 bridgehead atoms. The van der Waals surface area contributed by atoms with Gasteiger partial charge >= 0.3 is 0 Å². The van der Waals surface area contributed by atoms with Crippen LogP contribution in [-0.2, 0) is 20.6 Å². The van der Waals surface area contributed by atoms with Crippen LogP contribution in [0.3, 0.4) is 0 Å². The van der Waals surface area contributed by atoms with Crippen LogP contribution < -0.4 is 0 Å². The summed E-state index contributed by atoms with van der Waals surface area (Å²) in [6.07, 6.45) is 3.36. The van der Waals surface area contributed by atoms with Crippen LogP contribution in [0.2, 0.25) is 0 Å². The predicted octanol–water partition coefficient (Wildman–Crippen LogP) is 3.18. The molecule has 1 aliphatic rings. The number of rotatable bonds is 6. The molecule has 0 atom stereocenters. The van der Waals surface area contributed by atoms with Crippen LogP contribution >= 0.6 is 0 Å². The van der Waals surface area contributed by atoms with Crippen molar-refractivity contribution in [3.63, 3.8) is 0 Å². The average molecular weight is 465 g/mol. The van der Waals surface area contributed by atoms with Gasteiger partial charge in [-0.25, -0.2) is 13.1 Å². The molecule has 2 heterocycles. The number of sulfonamides is 1. The van der Waals surface area contributed by atoms with Crippen molar-refractivity contribution >= 4 is 22.0 Å². The van der Waals surface area contributed by atoms with E-state index in [0.717, 1.165) is 28.2 Å². The maximum Gasteiger partial charge on any atom is 0.246 e. The molecule has 1 fully saturated rings. The van der Waals surface area contributed by atoms with Crippen molar-refractivity contribution in [1.29, 1.82) is 0 Å². The van der Waals surface area contributed by atoms with Crippen LogP contribution in [0.1, 0.15) is 22.5 Å². The summed E-state index contributed by atoms with van der Waals surface area (Å²) in [5.41, 5.74) is 4.45. The lowest BCUT2D eigenvalue weighted by atomic mass is 10.1. The van der Waals surface area contributed by atoms with Gasteiger partial charge in [-0.1, -0.05) is 48.5 Å². The van der Waals surface area contributed by atoms with Crippen molar-refractivity contribution in [3.05, 3.63) is 89.3 Å². The van der Waals surface area contributed by atoms with Gasteiger partial charge in [0.1, 0.15) is 0 Å². The predicted molar refractivity (Wildman–Crippen MR) is 129 cm³/mol. The third kappa shape index (κ3) is 5.23. The first-order valence-corrected chi connectivity index (χ1v) is 12.6. The molecule has 172 valence electrons. The normalized spacial score (nSPS) is 15.3. The van der Waals surface area contributed by atoms with Gasteiger partial charge in [-0.3, -0.25) is 4.79 Å². The Morgan fingerprint density at radius 1 is 0.939 bits per heavy atom. The quantitative estimate of drug-likeness (QED) is 0.525. The van der Waals surface area contributed by atoms with Crippen molar-refractivity contribution in [2.24, 2.45) is 0 Å². The van der Waals surface area contributed by atoms with Crippen molar-refractivity contribution in [1.82, 2.24) is 19.0 Å². The van der Waals surface area contributed by atoms with Crippen molar-refractivity contribution in [3.8, 4) is 5.69 Å². The molecule has 0 N–H and O–H groups in total. The van der Waals surface area contributed by atoms with Crippen LogP contribution in [0.15, 0.2) is 66.7 Å². The number of hydrogen-bond acceptors (Lipinski definition) is 4. The Balaban J connectivity index is 1.38. The van der Waals surface area contributed by atoms with Crippen LogP contribution in [-0.4, -0.2) is 59.5 Å². The number of amides is 1. The number of nitrogens with zero attached hydrogens (tertiary/aromatic N) is 4. The highest BCUT2D eigenvalue weighted by molar-refractivity contribution is 7.88. The van der Waals surface area contributed by atoms with Crippen LogP contribution in [0.5, 0.6) is 0 Å². The van der Waals surface area contributed by atoms with Gasteiger partial charge in [0.2, 0.25) is 15.9 Å². The van der Waals surface area contributed by atoms with Gasteiger partial charge in [-0.15, -0.1) is 0 Å². The number of aryl methyl sites for hydroxylation is 1. The molecule has 0 unspecified atom stereocenters. The summed E-state index contributed by atoms with van der Waals surface area (Å²) in [6, 6.07) is 19.0. The van der Waals surface area contributed by atoms with Gasteiger partial charge in [0.05, 0.1) is 17.1 Å². The monoisotopic (exact) mass is 464 g/mol. The minimum atomic E-state index is -3.41. The number of para-hydroxylation sites is 1. The summed E-state index contributed by atoms with van der Waals surface area (Å²) in [4.78, 5) is 14.5. The molecule has 33 heavy (non-hydrogen) atoms. The molecule has 7 nitrogen and oxygen atoms in total. The highest BCUT2D eigenvalue weighted by Crippen LogP contribution is 2.20. The SMILES string of the molecule is Cc1nn(-c2ccccc2)c(C)c1/C=C/C(=O)N1CCN(S(=O)(=O)Cc2ccccc2)CC1. The maximum atomic E-state index is 12.8. The van der Waals surface area contributed by atoms with Gasteiger partial charge in [0, 0.05) is 43.5 Å². The Morgan fingerprint density at radius 2 is 1.55 bits per heavy atom. The average Bonchev–Trinajstić information content (AvgIpc) is 3.11. The zero-order valence-corrected chi connectivity index (χ0v) is 19.7.